The molecule has 0 radical (unpaired) electrons. The fraction of sp³-hybridized carbons (Fsp3) is 0.294. The minimum Gasteiger partial charge on any atom is -0.385 e. The number of benzene rings is 2. The summed E-state index contributed by atoms with van der Waals surface area (Å²) in [5.41, 5.74) is 4.47. The van der Waals surface area contributed by atoms with Crippen molar-refractivity contribution in [2.45, 2.75) is 25.7 Å². The van der Waals surface area contributed by atoms with Crippen molar-refractivity contribution in [2.75, 3.05) is 11.9 Å². The fourth-order valence-electron chi connectivity index (χ4n) is 2.89. The van der Waals surface area contributed by atoms with Crippen LogP contribution in [0, 0.1) is 12.7 Å². The monoisotopic (exact) mass is 255 g/mol. The third kappa shape index (κ3) is 2.48. The Morgan fingerprint density at radius 1 is 1.21 bits per heavy atom. The maximum Gasteiger partial charge on any atom is 0.126 e. The average molecular weight is 255 g/mol. The van der Waals surface area contributed by atoms with Crippen LogP contribution in [0.3, 0.4) is 0 Å². The lowest BCUT2D eigenvalue weighted by atomic mass is 9.85. The zero-order valence-corrected chi connectivity index (χ0v) is 11.1. The Kier molecular flexibility index (Phi) is 3.24. The summed E-state index contributed by atoms with van der Waals surface area (Å²) in [7, 11) is 0. The first kappa shape index (κ1) is 12.2. The summed E-state index contributed by atoms with van der Waals surface area (Å²) in [4.78, 5) is 0. The first-order valence-corrected chi connectivity index (χ1v) is 6.82. The molecule has 0 aromatic heterocycles. The number of anilines is 1. The Hall–Kier alpha value is -1.83. The maximum atomic E-state index is 13.9. The second-order valence-corrected chi connectivity index (χ2v) is 5.30. The smallest absolute Gasteiger partial charge is 0.126 e. The van der Waals surface area contributed by atoms with Crippen LogP contribution in [0.25, 0.3) is 0 Å². The molecule has 1 aliphatic heterocycles. The van der Waals surface area contributed by atoms with Gasteiger partial charge in [-0.25, -0.2) is 4.39 Å². The van der Waals surface area contributed by atoms with E-state index in [1.807, 2.05) is 25.1 Å². The minimum absolute atomic E-state index is 0.0818. The molecule has 2 aromatic rings. The van der Waals surface area contributed by atoms with Gasteiger partial charge in [-0.2, -0.15) is 0 Å². The molecular weight excluding hydrogens is 237 g/mol. The van der Waals surface area contributed by atoms with Crippen molar-refractivity contribution in [3.63, 3.8) is 0 Å². The number of hydrogen-bond acceptors (Lipinski definition) is 1. The SMILES string of the molecule is Cc1ccc(F)c(CC2CCNc3ccccc32)c1. The predicted molar refractivity (Wildman–Crippen MR) is 77.1 cm³/mol. The highest BCUT2D eigenvalue weighted by atomic mass is 19.1. The van der Waals surface area contributed by atoms with Crippen molar-refractivity contribution in [2.24, 2.45) is 0 Å². The second-order valence-electron chi connectivity index (χ2n) is 5.30. The van der Waals surface area contributed by atoms with Crippen LogP contribution in [0.1, 0.15) is 29.0 Å². The summed E-state index contributed by atoms with van der Waals surface area (Å²) in [6.45, 7) is 2.98. The Bertz CT molecular complexity index is 592. The number of fused-ring (bicyclic) bond motifs is 1. The summed E-state index contributed by atoms with van der Waals surface area (Å²) in [6.07, 6.45) is 1.84. The third-order valence-corrected chi connectivity index (χ3v) is 3.88. The molecule has 3 rings (SSSR count). The second kappa shape index (κ2) is 5.04. The van der Waals surface area contributed by atoms with Crippen LogP contribution in [-0.2, 0) is 6.42 Å². The van der Waals surface area contributed by atoms with Gasteiger partial charge < -0.3 is 5.32 Å². The van der Waals surface area contributed by atoms with E-state index in [0.717, 1.165) is 30.5 Å². The van der Waals surface area contributed by atoms with Gasteiger partial charge in [0.1, 0.15) is 5.82 Å². The van der Waals surface area contributed by atoms with Gasteiger partial charge in [0, 0.05) is 12.2 Å². The first-order valence-electron chi connectivity index (χ1n) is 6.82. The topological polar surface area (TPSA) is 12.0 Å². The molecule has 0 amide bonds. The number of aryl methyl sites for hydroxylation is 1. The summed E-state index contributed by atoms with van der Waals surface area (Å²) in [5, 5.41) is 3.41. The maximum absolute atomic E-state index is 13.9. The lowest BCUT2D eigenvalue weighted by Crippen LogP contribution is -2.18. The number of hydrogen-bond donors (Lipinski definition) is 1. The lowest BCUT2D eigenvalue weighted by molar-refractivity contribution is 0.571. The molecule has 0 spiro atoms. The highest BCUT2D eigenvalue weighted by molar-refractivity contribution is 5.55. The Morgan fingerprint density at radius 3 is 2.95 bits per heavy atom. The van der Waals surface area contributed by atoms with Crippen molar-refractivity contribution < 1.29 is 4.39 Å². The van der Waals surface area contributed by atoms with Crippen LogP contribution in [0.2, 0.25) is 0 Å². The van der Waals surface area contributed by atoms with E-state index in [-0.39, 0.29) is 5.82 Å². The molecule has 2 heteroatoms. The number of nitrogens with one attached hydrogen (secondary N) is 1. The Labute approximate surface area is 113 Å². The van der Waals surface area contributed by atoms with Gasteiger partial charge in [0.15, 0.2) is 0 Å². The standard InChI is InChI=1S/C17H18FN/c1-12-6-7-16(18)14(10-12)11-13-8-9-19-17-5-3-2-4-15(13)17/h2-7,10,13,19H,8-9,11H2,1H3. The van der Waals surface area contributed by atoms with Gasteiger partial charge in [-0.05, 0) is 48.9 Å². The van der Waals surface area contributed by atoms with Crippen molar-refractivity contribution >= 4 is 5.69 Å². The summed E-state index contributed by atoms with van der Waals surface area (Å²) >= 11 is 0. The largest absolute Gasteiger partial charge is 0.385 e. The molecule has 0 fully saturated rings. The zero-order valence-electron chi connectivity index (χ0n) is 11.1. The van der Waals surface area contributed by atoms with Gasteiger partial charge in [0.2, 0.25) is 0 Å². The molecule has 1 N–H and O–H groups in total. The van der Waals surface area contributed by atoms with Crippen LogP contribution >= 0.6 is 0 Å². The molecular formula is C17H18FN. The fourth-order valence-corrected chi connectivity index (χ4v) is 2.89. The Balaban J connectivity index is 1.90. The molecule has 0 bridgehead atoms. The van der Waals surface area contributed by atoms with Crippen LogP contribution in [0.15, 0.2) is 42.5 Å². The van der Waals surface area contributed by atoms with E-state index < -0.39 is 0 Å². The third-order valence-electron chi connectivity index (χ3n) is 3.88. The molecule has 19 heavy (non-hydrogen) atoms. The molecule has 1 aliphatic rings. The predicted octanol–water partition coefficient (Wildman–Crippen LogP) is 4.28. The highest BCUT2D eigenvalue weighted by Gasteiger charge is 2.20. The van der Waals surface area contributed by atoms with Crippen molar-refractivity contribution in [3.05, 3.63) is 65.0 Å². The molecule has 1 heterocycles. The van der Waals surface area contributed by atoms with Gasteiger partial charge in [-0.3, -0.25) is 0 Å². The van der Waals surface area contributed by atoms with Gasteiger partial charge in [0.25, 0.3) is 0 Å². The molecule has 1 unspecified atom stereocenters. The highest BCUT2D eigenvalue weighted by Crippen LogP contribution is 2.34. The first-order chi connectivity index (χ1) is 9.24. The van der Waals surface area contributed by atoms with Gasteiger partial charge in [0.05, 0.1) is 0 Å². The van der Waals surface area contributed by atoms with E-state index in [2.05, 4.69) is 23.5 Å². The summed E-state index contributed by atoms with van der Waals surface area (Å²) in [6, 6.07) is 13.7. The van der Waals surface area contributed by atoms with Crippen molar-refractivity contribution in [1.82, 2.24) is 0 Å². The molecule has 0 aliphatic carbocycles. The van der Waals surface area contributed by atoms with E-state index in [9.17, 15) is 4.39 Å². The number of halogens is 1. The molecule has 1 atom stereocenters. The Morgan fingerprint density at radius 2 is 2.05 bits per heavy atom. The molecule has 2 aromatic carbocycles. The van der Waals surface area contributed by atoms with E-state index >= 15 is 0 Å². The van der Waals surface area contributed by atoms with Crippen molar-refractivity contribution in [3.8, 4) is 0 Å². The van der Waals surface area contributed by atoms with Crippen molar-refractivity contribution in [1.29, 1.82) is 0 Å². The zero-order chi connectivity index (χ0) is 13.2. The molecule has 98 valence electrons. The van der Waals surface area contributed by atoms with E-state index in [4.69, 9.17) is 0 Å². The normalized spacial score (nSPS) is 17.7. The van der Waals surface area contributed by atoms with Gasteiger partial charge in [-0.1, -0.05) is 35.9 Å². The molecule has 0 saturated carbocycles. The van der Waals surface area contributed by atoms with Crippen LogP contribution in [0.5, 0.6) is 0 Å². The van der Waals surface area contributed by atoms with E-state index in [0.29, 0.717) is 5.92 Å². The number of rotatable bonds is 2. The van der Waals surface area contributed by atoms with Crippen LogP contribution < -0.4 is 5.32 Å². The van der Waals surface area contributed by atoms with Crippen LogP contribution in [0.4, 0.5) is 10.1 Å². The average Bonchev–Trinajstić information content (AvgIpc) is 2.43. The number of para-hydroxylation sites is 1. The van der Waals surface area contributed by atoms with E-state index in [1.54, 1.807) is 6.07 Å². The summed E-state index contributed by atoms with van der Waals surface area (Å²) < 4.78 is 13.9. The quantitative estimate of drug-likeness (QED) is 0.844. The summed E-state index contributed by atoms with van der Waals surface area (Å²) in [5.74, 6) is 0.329. The molecule has 0 saturated heterocycles. The molecule has 1 nitrogen and oxygen atoms in total. The van der Waals surface area contributed by atoms with Gasteiger partial charge in [-0.15, -0.1) is 0 Å². The minimum atomic E-state index is -0.0818. The lowest BCUT2D eigenvalue weighted by Gasteiger charge is -2.27. The van der Waals surface area contributed by atoms with E-state index in [1.165, 1.54) is 11.3 Å². The van der Waals surface area contributed by atoms with Crippen LogP contribution in [-0.4, -0.2) is 6.54 Å². The van der Waals surface area contributed by atoms with Gasteiger partial charge >= 0.3 is 0 Å².